The minimum Gasteiger partial charge on any atom is -0.497 e. The van der Waals surface area contributed by atoms with Gasteiger partial charge in [-0.3, -0.25) is 4.79 Å². The van der Waals surface area contributed by atoms with E-state index in [4.69, 9.17) is 21.2 Å². The molecule has 2 atom stereocenters. The van der Waals surface area contributed by atoms with Crippen molar-refractivity contribution in [2.75, 3.05) is 17.7 Å². The molecule has 0 spiro atoms. The number of pyridine rings is 1. The summed E-state index contributed by atoms with van der Waals surface area (Å²) in [4.78, 5) is 16.7. The van der Waals surface area contributed by atoms with Gasteiger partial charge in [-0.05, 0) is 67.4 Å². The van der Waals surface area contributed by atoms with E-state index in [1.165, 1.54) is 6.42 Å². The molecule has 3 aromatic rings. The first-order valence-corrected chi connectivity index (χ1v) is 10.9. The predicted molar refractivity (Wildman–Crippen MR) is 128 cm³/mol. The van der Waals surface area contributed by atoms with E-state index in [-0.39, 0.29) is 12.1 Å². The standard InChI is InChI=1S/C25H29N5O2/c1-32-18-12-9-16(10-13-18)21-7-4-8-24(29-21)30-23-15-17(11-14-19(23)25(27)31)28-22-6-3-2-5-20(22)26/h4,7-15,20,22,28H,2-3,5-6,26H2,1H3,(H2,27,31)(H,29,30)/t20-,22+/m0/s1. The fourth-order valence-corrected chi connectivity index (χ4v) is 4.07. The van der Waals surface area contributed by atoms with Crippen LogP contribution in [-0.4, -0.2) is 30.1 Å². The number of primary amides is 1. The zero-order chi connectivity index (χ0) is 22.5. The molecule has 6 N–H and O–H groups in total. The van der Waals surface area contributed by atoms with Gasteiger partial charge in [-0.2, -0.15) is 0 Å². The lowest BCUT2D eigenvalue weighted by molar-refractivity contribution is 0.100. The highest BCUT2D eigenvalue weighted by atomic mass is 16.5. The summed E-state index contributed by atoms with van der Waals surface area (Å²) in [7, 11) is 1.64. The summed E-state index contributed by atoms with van der Waals surface area (Å²) >= 11 is 0. The van der Waals surface area contributed by atoms with E-state index < -0.39 is 5.91 Å². The van der Waals surface area contributed by atoms with Crippen molar-refractivity contribution in [3.8, 4) is 17.0 Å². The third-order valence-corrected chi connectivity index (χ3v) is 5.85. The molecule has 2 aromatic carbocycles. The van der Waals surface area contributed by atoms with Crippen LogP contribution in [0, 0.1) is 0 Å². The first kappa shape index (κ1) is 21.6. The maximum atomic E-state index is 12.0. The Bertz CT molecular complexity index is 1080. The van der Waals surface area contributed by atoms with Gasteiger partial charge in [-0.15, -0.1) is 0 Å². The Morgan fingerprint density at radius 1 is 1.06 bits per heavy atom. The second-order valence-corrected chi connectivity index (χ2v) is 8.09. The van der Waals surface area contributed by atoms with E-state index in [1.807, 2.05) is 54.6 Å². The molecule has 1 fully saturated rings. The Hall–Kier alpha value is -3.58. The number of benzene rings is 2. The van der Waals surface area contributed by atoms with Crippen LogP contribution in [0.2, 0.25) is 0 Å². The molecule has 0 bridgehead atoms. The van der Waals surface area contributed by atoms with E-state index >= 15 is 0 Å². The molecule has 7 nitrogen and oxygen atoms in total. The number of carbonyl (C=O) groups excluding carboxylic acids is 1. The fraction of sp³-hybridized carbons (Fsp3) is 0.280. The van der Waals surface area contributed by atoms with Gasteiger partial charge in [0.25, 0.3) is 5.91 Å². The SMILES string of the molecule is COc1ccc(-c2cccc(Nc3cc(N[C@@H]4CCCC[C@@H]4N)ccc3C(N)=O)n2)cc1. The molecular formula is C25H29N5O2. The van der Waals surface area contributed by atoms with E-state index in [0.717, 1.165) is 42.0 Å². The lowest BCUT2D eigenvalue weighted by atomic mass is 9.91. The number of amides is 1. The van der Waals surface area contributed by atoms with Crippen LogP contribution in [0.1, 0.15) is 36.0 Å². The molecular weight excluding hydrogens is 402 g/mol. The van der Waals surface area contributed by atoms with Gasteiger partial charge in [-0.25, -0.2) is 4.98 Å². The molecule has 1 aliphatic rings. The summed E-state index contributed by atoms with van der Waals surface area (Å²) in [5.74, 6) is 0.906. The van der Waals surface area contributed by atoms with Crippen LogP contribution >= 0.6 is 0 Å². The molecule has 0 saturated heterocycles. The molecule has 4 rings (SSSR count). The van der Waals surface area contributed by atoms with Crippen molar-refractivity contribution < 1.29 is 9.53 Å². The predicted octanol–water partition coefficient (Wildman–Crippen LogP) is 4.28. The van der Waals surface area contributed by atoms with E-state index in [2.05, 4.69) is 10.6 Å². The number of aromatic nitrogens is 1. The van der Waals surface area contributed by atoms with Gasteiger partial charge in [0, 0.05) is 23.3 Å². The second-order valence-electron chi connectivity index (χ2n) is 8.09. The molecule has 32 heavy (non-hydrogen) atoms. The Labute approximate surface area is 188 Å². The number of carbonyl (C=O) groups is 1. The first-order chi connectivity index (χ1) is 15.5. The summed E-state index contributed by atoms with van der Waals surface area (Å²) in [5.41, 5.74) is 15.6. The highest BCUT2D eigenvalue weighted by molar-refractivity contribution is 5.99. The second kappa shape index (κ2) is 9.70. The first-order valence-electron chi connectivity index (χ1n) is 10.9. The number of ether oxygens (including phenoxy) is 1. The lowest BCUT2D eigenvalue weighted by Gasteiger charge is -2.30. The van der Waals surface area contributed by atoms with Crippen LogP contribution in [-0.2, 0) is 0 Å². The normalized spacial score (nSPS) is 18.1. The fourth-order valence-electron chi connectivity index (χ4n) is 4.07. The number of nitrogens with two attached hydrogens (primary N) is 2. The number of nitrogens with one attached hydrogen (secondary N) is 2. The Kier molecular flexibility index (Phi) is 6.56. The van der Waals surface area contributed by atoms with Gasteiger partial charge in [-0.1, -0.05) is 18.9 Å². The summed E-state index contributed by atoms with van der Waals surface area (Å²) < 4.78 is 5.23. The van der Waals surface area contributed by atoms with E-state index in [9.17, 15) is 4.79 Å². The molecule has 1 saturated carbocycles. The van der Waals surface area contributed by atoms with Crippen LogP contribution in [0.25, 0.3) is 11.3 Å². The van der Waals surface area contributed by atoms with Crippen molar-refractivity contribution in [3.05, 3.63) is 66.2 Å². The highest BCUT2D eigenvalue weighted by Gasteiger charge is 2.22. The Morgan fingerprint density at radius 2 is 1.84 bits per heavy atom. The smallest absolute Gasteiger partial charge is 0.250 e. The topological polar surface area (TPSA) is 115 Å². The summed E-state index contributed by atoms with van der Waals surface area (Å²) in [6.07, 6.45) is 4.39. The zero-order valence-electron chi connectivity index (χ0n) is 18.2. The Morgan fingerprint density at radius 3 is 2.56 bits per heavy atom. The molecule has 1 heterocycles. The summed E-state index contributed by atoms with van der Waals surface area (Å²) in [6, 6.07) is 19.2. The maximum absolute atomic E-state index is 12.0. The Balaban J connectivity index is 1.58. The minimum atomic E-state index is -0.500. The largest absolute Gasteiger partial charge is 0.497 e. The van der Waals surface area contributed by atoms with Gasteiger partial charge in [0.05, 0.1) is 24.1 Å². The number of rotatable bonds is 7. The lowest BCUT2D eigenvalue weighted by Crippen LogP contribution is -2.42. The summed E-state index contributed by atoms with van der Waals surface area (Å²) in [6.45, 7) is 0. The number of hydrogen-bond donors (Lipinski definition) is 4. The van der Waals surface area contributed by atoms with Crippen molar-refractivity contribution in [3.63, 3.8) is 0 Å². The van der Waals surface area contributed by atoms with Crippen molar-refractivity contribution in [2.45, 2.75) is 37.8 Å². The molecule has 7 heteroatoms. The van der Waals surface area contributed by atoms with Crippen molar-refractivity contribution >= 4 is 23.1 Å². The molecule has 0 radical (unpaired) electrons. The molecule has 1 amide bonds. The molecule has 0 unspecified atom stereocenters. The average molecular weight is 432 g/mol. The molecule has 1 aromatic heterocycles. The number of anilines is 3. The third kappa shape index (κ3) is 5.00. The van der Waals surface area contributed by atoms with Crippen molar-refractivity contribution in [1.29, 1.82) is 0 Å². The van der Waals surface area contributed by atoms with Crippen molar-refractivity contribution in [1.82, 2.24) is 4.98 Å². The quantitative estimate of drug-likeness (QED) is 0.444. The third-order valence-electron chi connectivity index (χ3n) is 5.85. The van der Waals surface area contributed by atoms with Crippen molar-refractivity contribution in [2.24, 2.45) is 11.5 Å². The highest BCUT2D eigenvalue weighted by Crippen LogP contribution is 2.28. The molecule has 1 aliphatic carbocycles. The molecule has 0 aliphatic heterocycles. The zero-order valence-corrected chi connectivity index (χ0v) is 18.2. The van der Waals surface area contributed by atoms with Crippen LogP contribution < -0.4 is 26.8 Å². The average Bonchev–Trinajstić information content (AvgIpc) is 2.81. The number of hydrogen-bond acceptors (Lipinski definition) is 6. The molecule has 166 valence electrons. The van der Waals surface area contributed by atoms with Gasteiger partial charge >= 0.3 is 0 Å². The number of nitrogens with zero attached hydrogens (tertiary/aromatic N) is 1. The van der Waals surface area contributed by atoms with Gasteiger partial charge in [0.2, 0.25) is 0 Å². The van der Waals surface area contributed by atoms with E-state index in [1.54, 1.807) is 13.2 Å². The maximum Gasteiger partial charge on any atom is 0.250 e. The number of methoxy groups -OCH3 is 1. The van der Waals surface area contributed by atoms with Gasteiger partial charge in [0.1, 0.15) is 11.6 Å². The van der Waals surface area contributed by atoms with Crippen LogP contribution in [0.15, 0.2) is 60.7 Å². The summed E-state index contributed by atoms with van der Waals surface area (Å²) in [5, 5.41) is 6.79. The van der Waals surface area contributed by atoms with Gasteiger partial charge in [0.15, 0.2) is 0 Å². The van der Waals surface area contributed by atoms with Gasteiger partial charge < -0.3 is 26.8 Å². The minimum absolute atomic E-state index is 0.124. The van der Waals surface area contributed by atoms with E-state index in [0.29, 0.717) is 17.1 Å². The van der Waals surface area contributed by atoms with Crippen LogP contribution in [0.3, 0.4) is 0 Å². The van der Waals surface area contributed by atoms with Crippen LogP contribution in [0.4, 0.5) is 17.2 Å². The van der Waals surface area contributed by atoms with Crippen LogP contribution in [0.5, 0.6) is 5.75 Å². The monoisotopic (exact) mass is 431 g/mol.